The fourth-order valence-electron chi connectivity index (χ4n) is 2.20. The second-order valence-corrected chi connectivity index (χ2v) is 6.82. The Morgan fingerprint density at radius 3 is 2.46 bits per heavy atom. The van der Waals surface area contributed by atoms with E-state index in [1.807, 2.05) is 0 Å². The average Bonchev–Trinajstić information content (AvgIpc) is 2.51. The molecule has 1 aromatic rings. The van der Waals surface area contributed by atoms with E-state index in [2.05, 4.69) is 0 Å². The molecule has 0 radical (unpaired) electrons. The first-order valence-corrected chi connectivity index (χ1v) is 8.70. The normalized spacial score (nSPS) is 11.1. The topological polar surface area (TPSA) is 87.9 Å². The van der Waals surface area contributed by atoms with Crippen molar-refractivity contribution in [1.29, 1.82) is 0 Å². The molecule has 26 heavy (non-hydrogen) atoms. The van der Waals surface area contributed by atoms with Crippen LogP contribution >= 0.6 is 0 Å². The summed E-state index contributed by atoms with van der Waals surface area (Å²) in [6.45, 7) is 7.68. The highest BCUT2D eigenvalue weighted by Gasteiger charge is 2.16. The number of carbonyl (C=O) groups is 2. The van der Waals surface area contributed by atoms with Crippen LogP contribution in [0.4, 0.5) is 10.1 Å². The Balaban J connectivity index is 2.60. The van der Waals surface area contributed by atoms with Crippen molar-refractivity contribution in [1.82, 2.24) is 0 Å². The molecule has 0 aliphatic heterocycles. The van der Waals surface area contributed by atoms with Crippen LogP contribution in [0.25, 0.3) is 0 Å². The highest BCUT2D eigenvalue weighted by molar-refractivity contribution is 5.70. The number of aryl methyl sites for hydroxylation is 1. The van der Waals surface area contributed by atoms with Crippen LogP contribution in [-0.4, -0.2) is 30.8 Å². The van der Waals surface area contributed by atoms with Gasteiger partial charge in [0.1, 0.15) is 17.2 Å². The smallest absolute Gasteiger partial charge is 0.306 e. The van der Waals surface area contributed by atoms with Crippen molar-refractivity contribution in [3.05, 3.63) is 23.5 Å². The summed E-state index contributed by atoms with van der Waals surface area (Å²) >= 11 is 0. The van der Waals surface area contributed by atoms with Crippen LogP contribution in [0, 0.1) is 5.82 Å². The first-order chi connectivity index (χ1) is 12.1. The maximum absolute atomic E-state index is 13.7. The molecule has 7 heteroatoms. The lowest BCUT2D eigenvalue weighted by Crippen LogP contribution is -2.24. The molecule has 2 N–H and O–H groups in total. The van der Waals surface area contributed by atoms with E-state index >= 15 is 0 Å². The Morgan fingerprint density at radius 2 is 1.85 bits per heavy atom. The molecule has 146 valence electrons. The van der Waals surface area contributed by atoms with E-state index in [1.54, 1.807) is 27.7 Å². The van der Waals surface area contributed by atoms with Crippen molar-refractivity contribution in [3.63, 3.8) is 0 Å². The van der Waals surface area contributed by atoms with Gasteiger partial charge in [-0.3, -0.25) is 9.59 Å². The van der Waals surface area contributed by atoms with Gasteiger partial charge in [0, 0.05) is 18.9 Å². The van der Waals surface area contributed by atoms with Gasteiger partial charge in [0.05, 0.1) is 18.9 Å². The molecule has 0 bridgehead atoms. The largest absolute Gasteiger partial charge is 0.493 e. The molecule has 0 unspecified atom stereocenters. The number of benzene rings is 1. The van der Waals surface area contributed by atoms with Crippen molar-refractivity contribution in [2.24, 2.45) is 0 Å². The number of esters is 2. The van der Waals surface area contributed by atoms with Gasteiger partial charge in [0.25, 0.3) is 0 Å². The summed E-state index contributed by atoms with van der Waals surface area (Å²) in [5.41, 5.74) is 5.56. The lowest BCUT2D eigenvalue weighted by molar-refractivity contribution is -0.155. The zero-order chi connectivity index (χ0) is 19.7. The number of nitrogen functional groups attached to an aromatic ring is 1. The third-order valence-corrected chi connectivity index (χ3v) is 3.29. The van der Waals surface area contributed by atoms with Crippen LogP contribution in [0.3, 0.4) is 0 Å². The summed E-state index contributed by atoms with van der Waals surface area (Å²) < 4.78 is 29.5. The Labute approximate surface area is 153 Å². The van der Waals surface area contributed by atoms with Gasteiger partial charge in [-0.15, -0.1) is 0 Å². The molecular weight excluding hydrogens is 341 g/mol. The van der Waals surface area contributed by atoms with Crippen molar-refractivity contribution < 1.29 is 28.2 Å². The minimum Gasteiger partial charge on any atom is -0.493 e. The van der Waals surface area contributed by atoms with Crippen LogP contribution in [0.2, 0.25) is 0 Å². The van der Waals surface area contributed by atoms with Crippen LogP contribution in [0.1, 0.15) is 52.5 Å². The predicted molar refractivity (Wildman–Crippen MR) is 96.3 cm³/mol. The van der Waals surface area contributed by atoms with Crippen LogP contribution in [0.5, 0.6) is 5.75 Å². The zero-order valence-corrected chi connectivity index (χ0v) is 15.9. The molecule has 0 spiro atoms. The second-order valence-electron chi connectivity index (χ2n) is 6.82. The molecule has 0 saturated heterocycles. The Morgan fingerprint density at radius 1 is 1.15 bits per heavy atom. The Hall–Kier alpha value is -2.31. The molecule has 0 atom stereocenters. The number of anilines is 1. The molecule has 0 heterocycles. The number of rotatable bonds is 9. The van der Waals surface area contributed by atoms with E-state index < -0.39 is 11.4 Å². The quantitative estimate of drug-likeness (QED) is 0.408. The SMILES string of the molecule is CCOC(=O)CCc1cc(F)c(N)cc1OCCCC(=O)OC(C)(C)C. The average molecular weight is 369 g/mol. The van der Waals surface area contributed by atoms with Gasteiger partial charge >= 0.3 is 11.9 Å². The molecule has 1 rings (SSSR count). The van der Waals surface area contributed by atoms with Crippen LogP contribution < -0.4 is 10.5 Å². The number of hydrogen-bond donors (Lipinski definition) is 1. The van der Waals surface area contributed by atoms with Gasteiger partial charge in [-0.1, -0.05) is 0 Å². The summed E-state index contributed by atoms with van der Waals surface area (Å²) in [6, 6.07) is 2.65. The van der Waals surface area contributed by atoms with Gasteiger partial charge in [0.15, 0.2) is 0 Å². The summed E-state index contributed by atoms with van der Waals surface area (Å²) in [5.74, 6) is -0.829. The highest BCUT2D eigenvalue weighted by Crippen LogP contribution is 2.26. The van der Waals surface area contributed by atoms with E-state index in [-0.39, 0.29) is 43.5 Å². The van der Waals surface area contributed by atoms with E-state index in [1.165, 1.54) is 12.1 Å². The minimum absolute atomic E-state index is 0.0352. The van der Waals surface area contributed by atoms with Crippen LogP contribution in [0.15, 0.2) is 12.1 Å². The first kappa shape index (κ1) is 21.7. The molecule has 0 aliphatic rings. The standard InChI is InChI=1S/C19H28FNO5/c1-5-24-17(22)9-8-13-11-14(20)15(21)12-16(13)25-10-6-7-18(23)26-19(2,3)4/h11-12H,5-10,21H2,1-4H3. The zero-order valence-electron chi connectivity index (χ0n) is 15.9. The summed E-state index contributed by atoms with van der Waals surface area (Å²) in [5, 5.41) is 0. The number of nitrogens with two attached hydrogens (primary N) is 1. The van der Waals surface area contributed by atoms with Gasteiger partial charge in [-0.05, 0) is 52.2 Å². The molecule has 0 aliphatic carbocycles. The van der Waals surface area contributed by atoms with Gasteiger partial charge in [-0.2, -0.15) is 0 Å². The fraction of sp³-hybridized carbons (Fsp3) is 0.579. The number of carbonyl (C=O) groups excluding carboxylic acids is 2. The Bertz CT molecular complexity index is 625. The van der Waals surface area contributed by atoms with Gasteiger partial charge < -0.3 is 19.9 Å². The molecule has 6 nitrogen and oxygen atoms in total. The summed E-state index contributed by atoms with van der Waals surface area (Å²) in [4.78, 5) is 23.2. The van der Waals surface area contributed by atoms with Crippen molar-refractivity contribution in [3.8, 4) is 5.75 Å². The molecule has 0 amide bonds. The second kappa shape index (κ2) is 9.99. The van der Waals surface area contributed by atoms with E-state index in [4.69, 9.17) is 19.9 Å². The van der Waals surface area contributed by atoms with Gasteiger partial charge in [0.2, 0.25) is 0 Å². The summed E-state index contributed by atoms with van der Waals surface area (Å²) in [7, 11) is 0. The number of ether oxygens (including phenoxy) is 3. The van der Waals surface area contributed by atoms with E-state index in [0.29, 0.717) is 24.3 Å². The van der Waals surface area contributed by atoms with Crippen molar-refractivity contribution in [2.45, 2.75) is 59.0 Å². The van der Waals surface area contributed by atoms with Crippen molar-refractivity contribution in [2.75, 3.05) is 18.9 Å². The third-order valence-electron chi connectivity index (χ3n) is 3.29. The lowest BCUT2D eigenvalue weighted by Gasteiger charge is -2.19. The minimum atomic E-state index is -0.565. The highest BCUT2D eigenvalue weighted by atomic mass is 19.1. The molecular formula is C19H28FNO5. The maximum Gasteiger partial charge on any atom is 0.306 e. The summed E-state index contributed by atoms with van der Waals surface area (Å²) in [6.07, 6.45) is 1.05. The molecule has 0 aromatic heterocycles. The fourth-order valence-corrected chi connectivity index (χ4v) is 2.20. The van der Waals surface area contributed by atoms with Gasteiger partial charge in [-0.25, -0.2) is 4.39 Å². The predicted octanol–water partition coefficient (Wildman–Crippen LogP) is 3.40. The monoisotopic (exact) mass is 369 g/mol. The Kier molecular flexibility index (Phi) is 8.35. The van der Waals surface area contributed by atoms with Crippen LogP contribution in [-0.2, 0) is 25.5 Å². The number of hydrogen-bond acceptors (Lipinski definition) is 6. The molecule has 0 saturated carbocycles. The molecule has 1 aromatic carbocycles. The first-order valence-electron chi connectivity index (χ1n) is 8.70. The van der Waals surface area contributed by atoms with Crippen molar-refractivity contribution >= 4 is 17.6 Å². The van der Waals surface area contributed by atoms with E-state index in [9.17, 15) is 14.0 Å². The van der Waals surface area contributed by atoms with E-state index in [0.717, 1.165) is 0 Å². The number of halogens is 1. The maximum atomic E-state index is 13.7. The molecule has 0 fully saturated rings. The third kappa shape index (κ3) is 8.18. The lowest BCUT2D eigenvalue weighted by atomic mass is 10.1.